The molecule has 9 heteroatoms. The average Bonchev–Trinajstić information content (AvgIpc) is 2.85. The molecule has 0 heterocycles. The smallest absolute Gasteiger partial charge is 0.346 e. The molecule has 0 bridgehead atoms. The summed E-state index contributed by atoms with van der Waals surface area (Å²) >= 11 is 0. The molecular formula is C18H9F6NO2. The van der Waals surface area contributed by atoms with Crippen LogP contribution in [0.3, 0.4) is 0 Å². The molecule has 140 valence electrons. The highest BCUT2D eigenvalue weighted by Gasteiger charge is 2.79. The Kier molecular flexibility index (Phi) is 2.74. The minimum Gasteiger partial charge on any atom is -0.458 e. The monoisotopic (exact) mass is 388 g/mol. The minimum atomic E-state index is -5.48. The van der Waals surface area contributed by atoms with Crippen LogP contribution >= 0.6 is 0 Å². The van der Waals surface area contributed by atoms with E-state index in [1.165, 1.54) is 0 Å². The molecule has 0 saturated heterocycles. The van der Waals surface area contributed by atoms with Gasteiger partial charge in [-0.1, -0.05) is 0 Å². The molecular weight excluding hydrogens is 376 g/mol. The van der Waals surface area contributed by atoms with Gasteiger partial charge in [-0.25, -0.2) is 13.6 Å². The first kappa shape index (κ1) is 14.3. The van der Waals surface area contributed by atoms with E-state index in [0.717, 1.165) is 18.2 Å². The van der Waals surface area contributed by atoms with Crippen LogP contribution in [-0.4, -0.2) is 11.0 Å². The number of rotatable bonds is 2. The molecule has 0 aromatic heterocycles. The number of halogens is 6. The van der Waals surface area contributed by atoms with Gasteiger partial charge in [0.05, 0.1) is 7.94 Å². The summed E-state index contributed by atoms with van der Waals surface area (Å²) in [5.41, 5.74) is -9.02. The highest BCUT2D eigenvalue weighted by molar-refractivity contribution is 5.61. The molecule has 0 unspecified atom stereocenters. The Balaban J connectivity index is 2.01. The Morgan fingerprint density at radius 3 is 2.63 bits per heavy atom. The zero-order chi connectivity index (χ0) is 22.5. The number of ether oxygens (including phenoxy) is 1. The fourth-order valence-corrected chi connectivity index (χ4v) is 3.24. The van der Waals surface area contributed by atoms with Gasteiger partial charge in [-0.2, -0.15) is 17.6 Å². The number of hydrogen-bond donors (Lipinski definition) is 1. The maximum atomic E-state index is 15.2. The van der Waals surface area contributed by atoms with Crippen molar-refractivity contribution in [3.8, 4) is 11.5 Å². The number of alkyl halides is 5. The van der Waals surface area contributed by atoms with Gasteiger partial charge in [0, 0.05) is 31.9 Å². The first-order valence-corrected chi connectivity index (χ1v) is 7.36. The van der Waals surface area contributed by atoms with Gasteiger partial charge in [0.2, 0.25) is 0 Å². The van der Waals surface area contributed by atoms with Crippen molar-refractivity contribution in [3.63, 3.8) is 0 Å². The van der Waals surface area contributed by atoms with Crippen molar-refractivity contribution in [2.45, 2.75) is 30.0 Å². The van der Waals surface area contributed by atoms with E-state index in [4.69, 9.17) is 15.4 Å². The fourth-order valence-electron chi connectivity index (χ4n) is 3.24. The maximum absolute atomic E-state index is 15.2. The quantitative estimate of drug-likeness (QED) is 0.544. The molecule has 1 N–H and O–H groups in total. The zero-order valence-corrected chi connectivity index (χ0v) is 13.0. The van der Waals surface area contributed by atoms with Crippen LogP contribution in [0.4, 0.5) is 32.0 Å². The van der Waals surface area contributed by atoms with Crippen molar-refractivity contribution < 1.29 is 40.3 Å². The normalized spacial score (nSPS) is 32.7. The fraction of sp³-hybridized carbons (Fsp3) is 0.278. The molecule has 4 rings (SSSR count). The van der Waals surface area contributed by atoms with E-state index >= 15 is 4.39 Å². The summed E-state index contributed by atoms with van der Waals surface area (Å²) in [7, 11) is 0. The third-order valence-electron chi connectivity index (χ3n) is 4.44. The van der Waals surface area contributed by atoms with Gasteiger partial charge >= 0.3 is 11.8 Å². The third kappa shape index (κ3) is 2.07. The van der Waals surface area contributed by atoms with Crippen LogP contribution in [0.5, 0.6) is 11.5 Å². The van der Waals surface area contributed by atoms with Crippen LogP contribution in [0.25, 0.3) is 4.85 Å². The van der Waals surface area contributed by atoms with Crippen molar-refractivity contribution in [1.29, 1.82) is 0 Å². The number of aliphatic hydroxyl groups is 1. The Morgan fingerprint density at radius 2 is 1.96 bits per heavy atom. The molecule has 2 aliphatic rings. The van der Waals surface area contributed by atoms with Crippen molar-refractivity contribution in [1.82, 2.24) is 0 Å². The predicted octanol–water partition coefficient (Wildman–Crippen LogP) is 5.51. The highest BCUT2D eigenvalue weighted by atomic mass is 19.3. The van der Waals surface area contributed by atoms with Gasteiger partial charge < -0.3 is 9.84 Å². The predicted molar refractivity (Wildman–Crippen MR) is 80.4 cm³/mol. The number of benzene rings is 2. The van der Waals surface area contributed by atoms with E-state index in [9.17, 15) is 27.1 Å². The van der Waals surface area contributed by atoms with Gasteiger partial charge in [-0.3, -0.25) is 0 Å². The second-order valence-electron chi connectivity index (χ2n) is 6.02. The molecule has 2 atom stereocenters. The number of hydrogen-bond acceptors (Lipinski definition) is 2. The molecule has 0 amide bonds. The lowest BCUT2D eigenvalue weighted by Gasteiger charge is -2.30. The SMILES string of the molecule is [2H]C1([2H])[C@@]2(O)c3c(ccc(Oc4cc(F)cc([N+]#[C-])c4)c3[C@@]1([2H])F)C(F)(F)C2(F)F. The molecule has 0 fully saturated rings. The van der Waals surface area contributed by atoms with Gasteiger partial charge in [-0.05, 0) is 24.3 Å². The summed E-state index contributed by atoms with van der Waals surface area (Å²) in [5, 5.41) is 10.4. The minimum absolute atomic E-state index is 0.259. The topological polar surface area (TPSA) is 33.8 Å². The van der Waals surface area contributed by atoms with Crippen LogP contribution in [0.2, 0.25) is 0 Å². The zero-order valence-electron chi connectivity index (χ0n) is 16.0. The Labute approximate surface area is 152 Å². The van der Waals surface area contributed by atoms with E-state index in [1.54, 1.807) is 0 Å². The molecule has 2 aromatic carbocycles. The number of nitrogens with zero attached hydrogens (tertiary/aromatic N) is 1. The first-order chi connectivity index (χ1) is 13.6. The van der Waals surface area contributed by atoms with Gasteiger partial charge in [0.15, 0.2) is 11.3 Å². The second-order valence-corrected chi connectivity index (χ2v) is 6.02. The van der Waals surface area contributed by atoms with Crippen LogP contribution in [-0.2, 0) is 11.5 Å². The summed E-state index contributed by atoms with van der Waals surface area (Å²) in [5.74, 6) is -12.8. The van der Waals surface area contributed by atoms with Crippen LogP contribution in [0.1, 0.15) is 33.3 Å². The van der Waals surface area contributed by atoms with E-state index in [0.29, 0.717) is 12.1 Å². The first-order valence-electron chi connectivity index (χ1n) is 8.86. The Hall–Kier alpha value is -2.73. The molecule has 0 saturated carbocycles. The summed E-state index contributed by atoms with van der Waals surface area (Å²) in [6.07, 6.45) is -8.33. The molecule has 3 nitrogen and oxygen atoms in total. The summed E-state index contributed by atoms with van der Waals surface area (Å²) in [6, 6.07) is 3.50. The Bertz CT molecular complexity index is 1150. The largest absolute Gasteiger partial charge is 0.458 e. The molecule has 2 aliphatic carbocycles. The van der Waals surface area contributed by atoms with E-state index in [2.05, 4.69) is 4.85 Å². The van der Waals surface area contributed by atoms with Crippen molar-refractivity contribution in [2.75, 3.05) is 0 Å². The van der Waals surface area contributed by atoms with Crippen molar-refractivity contribution in [2.24, 2.45) is 0 Å². The van der Waals surface area contributed by atoms with E-state index in [1.807, 2.05) is 0 Å². The molecule has 0 aliphatic heterocycles. The summed E-state index contributed by atoms with van der Waals surface area (Å²) in [4.78, 5) is 2.96. The van der Waals surface area contributed by atoms with Crippen molar-refractivity contribution in [3.05, 3.63) is 64.3 Å². The molecule has 0 spiro atoms. The molecule has 27 heavy (non-hydrogen) atoms. The lowest BCUT2D eigenvalue weighted by atomic mass is 9.95. The molecule has 0 radical (unpaired) electrons. The van der Waals surface area contributed by atoms with E-state index < -0.39 is 64.0 Å². The standard InChI is InChI=1S/C18H9F6NO2/c1-25-9-4-8(19)5-10(6-9)27-13-3-2-11-15-14(13)12(20)7-16(15,26)18(23,24)17(11,21)22/h2-6,12,26H,7H2/t12-,16+/m0/s1/i7D2,12D. The third-order valence-corrected chi connectivity index (χ3v) is 4.44. The molecule has 2 aromatic rings. The maximum Gasteiger partial charge on any atom is 0.346 e. The Morgan fingerprint density at radius 1 is 1.26 bits per heavy atom. The lowest BCUT2D eigenvalue weighted by Crippen LogP contribution is -2.48. The van der Waals surface area contributed by atoms with E-state index in [-0.39, 0.29) is 5.69 Å². The van der Waals surface area contributed by atoms with Crippen LogP contribution < -0.4 is 4.74 Å². The lowest BCUT2D eigenvalue weighted by molar-refractivity contribution is -0.287. The summed E-state index contributed by atoms with van der Waals surface area (Å²) < 4.78 is 115. The second kappa shape index (κ2) is 5.16. The van der Waals surface area contributed by atoms with Crippen molar-refractivity contribution >= 4 is 5.69 Å². The summed E-state index contributed by atoms with van der Waals surface area (Å²) in [6.45, 7) is 6.89. The van der Waals surface area contributed by atoms with Gasteiger partial charge in [0.25, 0.3) is 0 Å². The van der Waals surface area contributed by atoms with Crippen LogP contribution in [0, 0.1) is 12.4 Å². The van der Waals surface area contributed by atoms with Gasteiger partial charge in [0.1, 0.15) is 23.5 Å². The van der Waals surface area contributed by atoms with Crippen LogP contribution in [0.15, 0.2) is 30.3 Å². The highest BCUT2D eigenvalue weighted by Crippen LogP contribution is 2.68. The average molecular weight is 388 g/mol. The van der Waals surface area contributed by atoms with Gasteiger partial charge in [-0.15, -0.1) is 0 Å².